The molecule has 0 N–H and O–H groups in total. The monoisotopic (exact) mass is 414 g/mol. The molecule has 0 spiro atoms. The van der Waals surface area contributed by atoms with E-state index in [0.29, 0.717) is 26.1 Å². The Morgan fingerprint density at radius 1 is 0.966 bits per heavy atom. The summed E-state index contributed by atoms with van der Waals surface area (Å²) in [6, 6.07) is 16.1. The van der Waals surface area contributed by atoms with Gasteiger partial charge in [-0.15, -0.1) is 0 Å². The van der Waals surface area contributed by atoms with Gasteiger partial charge in [-0.05, 0) is 54.7 Å². The summed E-state index contributed by atoms with van der Waals surface area (Å²) in [5, 5.41) is 0.0740. The summed E-state index contributed by atoms with van der Waals surface area (Å²) in [5.74, 6) is 1.32. The van der Waals surface area contributed by atoms with Crippen LogP contribution in [-0.2, 0) is 22.6 Å². The van der Waals surface area contributed by atoms with Gasteiger partial charge in [-0.25, -0.2) is 0 Å². The Kier molecular flexibility index (Phi) is 7.91. The third-order valence-electron chi connectivity index (χ3n) is 5.34. The van der Waals surface area contributed by atoms with Crippen LogP contribution in [-0.4, -0.2) is 20.9 Å². The standard InChI is InChI=1S/C24H34O4Si/c1-7-26-23(25)16-14-19-13-15-21(27-18-20-11-9-8-10-12-20)22(17-19)28-29(5,6)24(2,3)4/h8-13,15,17H,7,14,16,18H2,1-6H3. The van der Waals surface area contributed by atoms with Gasteiger partial charge in [0.1, 0.15) is 12.4 Å². The zero-order valence-corrected chi connectivity index (χ0v) is 19.6. The van der Waals surface area contributed by atoms with Crippen LogP contribution >= 0.6 is 0 Å². The Morgan fingerprint density at radius 3 is 2.28 bits per heavy atom. The molecule has 0 bridgehead atoms. The van der Waals surface area contributed by atoms with E-state index in [-0.39, 0.29) is 11.0 Å². The number of ether oxygens (including phenoxy) is 2. The van der Waals surface area contributed by atoms with Gasteiger partial charge in [0.05, 0.1) is 6.61 Å². The molecular formula is C24H34O4Si. The molecule has 5 heteroatoms. The Bertz CT molecular complexity index is 794. The number of hydrogen-bond donors (Lipinski definition) is 0. The highest BCUT2D eigenvalue weighted by molar-refractivity contribution is 6.74. The van der Waals surface area contributed by atoms with E-state index < -0.39 is 8.32 Å². The molecule has 29 heavy (non-hydrogen) atoms. The number of benzene rings is 2. The van der Waals surface area contributed by atoms with Gasteiger partial charge in [-0.3, -0.25) is 4.79 Å². The number of carbonyl (C=O) groups excluding carboxylic acids is 1. The summed E-state index contributed by atoms with van der Waals surface area (Å²) in [4.78, 5) is 11.7. The fourth-order valence-corrected chi connectivity index (χ4v) is 3.57. The normalized spacial score (nSPS) is 11.8. The minimum absolute atomic E-state index is 0.0740. The quantitative estimate of drug-likeness (QED) is 0.365. The second kappa shape index (κ2) is 9.97. The van der Waals surface area contributed by atoms with Crippen molar-refractivity contribution in [2.24, 2.45) is 0 Å². The highest BCUT2D eigenvalue weighted by atomic mass is 28.4. The van der Waals surface area contributed by atoms with Gasteiger partial charge in [0, 0.05) is 6.42 Å². The van der Waals surface area contributed by atoms with Crippen LogP contribution in [0.5, 0.6) is 11.5 Å². The van der Waals surface area contributed by atoms with Crippen molar-refractivity contribution in [2.75, 3.05) is 6.61 Å². The molecule has 0 unspecified atom stereocenters. The SMILES string of the molecule is CCOC(=O)CCc1ccc(OCc2ccccc2)c(O[Si](C)(C)C(C)(C)C)c1. The second-order valence-electron chi connectivity index (χ2n) is 8.72. The van der Waals surface area contributed by atoms with Gasteiger partial charge < -0.3 is 13.9 Å². The predicted octanol–water partition coefficient (Wildman–Crippen LogP) is 6.15. The molecule has 0 amide bonds. The first-order valence-corrected chi connectivity index (χ1v) is 13.2. The predicted molar refractivity (Wildman–Crippen MR) is 120 cm³/mol. The third-order valence-corrected chi connectivity index (χ3v) is 9.68. The minimum Gasteiger partial charge on any atom is -0.541 e. The van der Waals surface area contributed by atoms with E-state index >= 15 is 0 Å². The third kappa shape index (κ3) is 6.93. The van der Waals surface area contributed by atoms with Crippen molar-refractivity contribution in [3.05, 3.63) is 59.7 Å². The Morgan fingerprint density at radius 2 is 1.66 bits per heavy atom. The highest BCUT2D eigenvalue weighted by Gasteiger charge is 2.39. The molecule has 4 nitrogen and oxygen atoms in total. The smallest absolute Gasteiger partial charge is 0.306 e. The molecule has 0 saturated heterocycles. The van der Waals surface area contributed by atoms with Crippen LogP contribution in [0, 0.1) is 0 Å². The number of hydrogen-bond acceptors (Lipinski definition) is 4. The van der Waals surface area contributed by atoms with E-state index in [2.05, 4.69) is 33.9 Å². The molecule has 2 aromatic rings. The van der Waals surface area contributed by atoms with Gasteiger partial charge in [0.2, 0.25) is 0 Å². The molecule has 0 atom stereocenters. The first-order valence-electron chi connectivity index (χ1n) is 10.3. The minimum atomic E-state index is -2.04. The molecule has 0 aliphatic carbocycles. The lowest BCUT2D eigenvalue weighted by Crippen LogP contribution is -2.44. The maximum Gasteiger partial charge on any atom is 0.306 e. The highest BCUT2D eigenvalue weighted by Crippen LogP contribution is 2.40. The maximum absolute atomic E-state index is 11.7. The van der Waals surface area contributed by atoms with Crippen LogP contribution in [0.15, 0.2) is 48.5 Å². The molecule has 2 rings (SSSR count). The summed E-state index contributed by atoms with van der Waals surface area (Å²) >= 11 is 0. The number of rotatable bonds is 9. The molecule has 0 radical (unpaired) electrons. The molecule has 0 heterocycles. The van der Waals surface area contributed by atoms with Gasteiger partial charge in [-0.2, -0.15) is 0 Å². The number of carbonyl (C=O) groups is 1. The van der Waals surface area contributed by atoms with Crippen LogP contribution in [0.25, 0.3) is 0 Å². The summed E-state index contributed by atoms with van der Waals surface area (Å²) in [7, 11) is -2.04. The van der Waals surface area contributed by atoms with Crippen LogP contribution < -0.4 is 9.16 Å². The first-order chi connectivity index (χ1) is 13.6. The summed E-state index contributed by atoms with van der Waals surface area (Å²) in [6.45, 7) is 13.8. The van der Waals surface area contributed by atoms with Gasteiger partial charge >= 0.3 is 5.97 Å². The molecule has 2 aromatic carbocycles. The van der Waals surface area contributed by atoms with Gasteiger partial charge in [-0.1, -0.05) is 57.2 Å². The average molecular weight is 415 g/mol. The molecule has 158 valence electrons. The summed E-state index contributed by atoms with van der Waals surface area (Å²) in [6.07, 6.45) is 0.975. The lowest BCUT2D eigenvalue weighted by molar-refractivity contribution is -0.143. The zero-order chi connectivity index (χ0) is 21.5. The van der Waals surface area contributed by atoms with Crippen molar-refractivity contribution >= 4 is 14.3 Å². The van der Waals surface area contributed by atoms with Crippen molar-refractivity contribution in [3.8, 4) is 11.5 Å². The Balaban J connectivity index is 2.22. The molecule has 0 aliphatic rings. The van der Waals surface area contributed by atoms with E-state index in [9.17, 15) is 4.79 Å². The molecular weight excluding hydrogens is 380 g/mol. The van der Waals surface area contributed by atoms with Gasteiger partial charge in [0.15, 0.2) is 5.75 Å². The van der Waals surface area contributed by atoms with Crippen LogP contribution in [0.2, 0.25) is 18.1 Å². The van der Waals surface area contributed by atoms with Crippen LogP contribution in [0.1, 0.15) is 45.2 Å². The van der Waals surface area contributed by atoms with Crippen LogP contribution in [0.3, 0.4) is 0 Å². The van der Waals surface area contributed by atoms with E-state index in [1.807, 2.05) is 55.5 Å². The second-order valence-corrected chi connectivity index (χ2v) is 13.4. The Labute approximate surface area is 176 Å². The van der Waals surface area contributed by atoms with Crippen LogP contribution in [0.4, 0.5) is 0 Å². The fourth-order valence-electron chi connectivity index (χ4n) is 2.55. The lowest BCUT2D eigenvalue weighted by Gasteiger charge is -2.37. The summed E-state index contributed by atoms with van der Waals surface area (Å²) in [5.41, 5.74) is 2.15. The molecule has 0 saturated carbocycles. The van der Waals surface area contributed by atoms with E-state index in [1.165, 1.54) is 0 Å². The molecule has 0 aliphatic heterocycles. The topological polar surface area (TPSA) is 44.8 Å². The maximum atomic E-state index is 11.7. The van der Waals surface area contributed by atoms with Gasteiger partial charge in [0.25, 0.3) is 8.32 Å². The fraction of sp³-hybridized carbons (Fsp3) is 0.458. The Hall–Kier alpha value is -2.27. The largest absolute Gasteiger partial charge is 0.541 e. The average Bonchev–Trinajstić information content (AvgIpc) is 2.65. The van der Waals surface area contributed by atoms with Crippen molar-refractivity contribution < 1.29 is 18.7 Å². The molecule has 0 aromatic heterocycles. The molecule has 0 fully saturated rings. The lowest BCUT2D eigenvalue weighted by atomic mass is 10.1. The van der Waals surface area contributed by atoms with Crippen molar-refractivity contribution in [1.82, 2.24) is 0 Å². The van der Waals surface area contributed by atoms with E-state index in [4.69, 9.17) is 13.9 Å². The van der Waals surface area contributed by atoms with Crippen molar-refractivity contribution in [2.45, 2.75) is 65.3 Å². The van der Waals surface area contributed by atoms with Crippen molar-refractivity contribution in [1.29, 1.82) is 0 Å². The first kappa shape index (κ1) is 23.0. The number of esters is 1. The van der Waals surface area contributed by atoms with E-state index in [0.717, 1.165) is 22.6 Å². The summed E-state index contributed by atoms with van der Waals surface area (Å²) < 4.78 is 17.7. The zero-order valence-electron chi connectivity index (χ0n) is 18.6. The number of aryl methyl sites for hydroxylation is 1. The van der Waals surface area contributed by atoms with E-state index in [1.54, 1.807) is 0 Å². The van der Waals surface area contributed by atoms with Crippen molar-refractivity contribution in [3.63, 3.8) is 0 Å².